The average molecular weight is 328 g/mol. The lowest BCUT2D eigenvalue weighted by molar-refractivity contribution is 0.0992. The van der Waals surface area contributed by atoms with Crippen molar-refractivity contribution in [2.75, 3.05) is 5.32 Å². The van der Waals surface area contributed by atoms with Crippen molar-refractivity contribution in [3.8, 4) is 0 Å². The fourth-order valence-electron chi connectivity index (χ4n) is 1.58. The Hall–Kier alpha value is -2.18. The van der Waals surface area contributed by atoms with Gasteiger partial charge in [0.15, 0.2) is 0 Å². The van der Waals surface area contributed by atoms with Crippen molar-refractivity contribution >= 4 is 40.7 Å². The zero-order valence-electron chi connectivity index (χ0n) is 10.4. The molecule has 0 aliphatic heterocycles. The highest BCUT2D eigenvalue weighted by Gasteiger charge is 2.14. The van der Waals surface area contributed by atoms with Crippen molar-refractivity contribution in [1.29, 1.82) is 0 Å². The van der Waals surface area contributed by atoms with Gasteiger partial charge in [0.25, 0.3) is 11.8 Å². The Labute approximate surface area is 128 Å². The van der Waals surface area contributed by atoms with Gasteiger partial charge in [0.05, 0.1) is 16.1 Å². The molecular formula is C13H8Cl2FN3O2. The third-order valence-corrected chi connectivity index (χ3v) is 3.06. The quantitative estimate of drug-likeness (QED) is 0.850. The molecule has 0 fully saturated rings. The smallest absolute Gasteiger partial charge is 0.257 e. The molecule has 0 bridgehead atoms. The van der Waals surface area contributed by atoms with Gasteiger partial charge in [-0.2, -0.15) is 0 Å². The number of rotatable bonds is 3. The number of primary amides is 1. The van der Waals surface area contributed by atoms with Crippen LogP contribution in [0.1, 0.15) is 20.7 Å². The van der Waals surface area contributed by atoms with E-state index in [1.165, 1.54) is 18.3 Å². The minimum Gasteiger partial charge on any atom is -0.366 e. The molecule has 0 unspecified atom stereocenters. The van der Waals surface area contributed by atoms with Crippen LogP contribution in [-0.2, 0) is 0 Å². The van der Waals surface area contributed by atoms with Crippen LogP contribution in [0.15, 0.2) is 30.5 Å². The lowest BCUT2D eigenvalue weighted by Gasteiger charge is -2.08. The summed E-state index contributed by atoms with van der Waals surface area (Å²) in [5, 5.41) is 2.67. The summed E-state index contributed by atoms with van der Waals surface area (Å²) >= 11 is 11.5. The van der Waals surface area contributed by atoms with Gasteiger partial charge >= 0.3 is 0 Å². The van der Waals surface area contributed by atoms with E-state index in [2.05, 4.69) is 10.3 Å². The van der Waals surface area contributed by atoms with Gasteiger partial charge in [0.1, 0.15) is 11.0 Å². The number of hydrogen-bond acceptors (Lipinski definition) is 3. The van der Waals surface area contributed by atoms with Gasteiger partial charge in [0, 0.05) is 11.9 Å². The number of nitrogens with one attached hydrogen (secondary N) is 1. The maximum atomic E-state index is 13.3. The number of carbonyl (C=O) groups excluding carboxylic acids is 2. The number of nitrogens with two attached hydrogens (primary N) is 1. The molecule has 1 heterocycles. The second kappa shape index (κ2) is 6.07. The van der Waals surface area contributed by atoms with Crippen LogP contribution in [0.2, 0.25) is 10.2 Å². The number of carbonyl (C=O) groups is 2. The molecule has 21 heavy (non-hydrogen) atoms. The van der Waals surface area contributed by atoms with Gasteiger partial charge in [-0.15, -0.1) is 0 Å². The summed E-state index contributed by atoms with van der Waals surface area (Å²) in [7, 11) is 0. The Morgan fingerprint density at radius 3 is 2.57 bits per heavy atom. The fourth-order valence-corrected chi connectivity index (χ4v) is 1.92. The molecule has 5 nitrogen and oxygen atoms in total. The van der Waals surface area contributed by atoms with E-state index in [-0.39, 0.29) is 27.0 Å². The molecule has 2 aromatic rings. The highest BCUT2D eigenvalue weighted by Crippen LogP contribution is 2.20. The molecule has 2 amide bonds. The Bertz CT molecular complexity index is 737. The lowest BCUT2D eigenvalue weighted by atomic mass is 10.1. The molecule has 1 aromatic carbocycles. The van der Waals surface area contributed by atoms with Gasteiger partial charge in [-0.1, -0.05) is 23.2 Å². The van der Waals surface area contributed by atoms with Crippen LogP contribution in [0, 0.1) is 5.82 Å². The van der Waals surface area contributed by atoms with Crippen molar-refractivity contribution < 1.29 is 14.0 Å². The van der Waals surface area contributed by atoms with Gasteiger partial charge in [-0.05, 0) is 24.3 Å². The summed E-state index contributed by atoms with van der Waals surface area (Å²) in [4.78, 5) is 26.8. The third-order valence-electron chi connectivity index (χ3n) is 2.56. The summed E-state index contributed by atoms with van der Waals surface area (Å²) < 4.78 is 13.3. The number of halogens is 3. The standard InChI is InChI=1S/C13H8Cl2FN3O2/c14-9-5-18-11(15)4-7(9)13(21)19-6-1-2-10(16)8(3-6)12(17)20/h1-5H,(H2,17,20)(H,19,21). The van der Waals surface area contributed by atoms with Gasteiger partial charge in [-0.3, -0.25) is 9.59 Å². The molecule has 0 spiro atoms. The van der Waals surface area contributed by atoms with Crippen LogP contribution in [0.5, 0.6) is 0 Å². The molecule has 0 aliphatic carbocycles. The minimum absolute atomic E-state index is 0.0986. The van der Waals surface area contributed by atoms with E-state index in [1.54, 1.807) is 0 Å². The zero-order valence-corrected chi connectivity index (χ0v) is 11.9. The summed E-state index contributed by atoms with van der Waals surface area (Å²) in [6.45, 7) is 0. The number of anilines is 1. The number of pyridine rings is 1. The highest BCUT2D eigenvalue weighted by molar-refractivity contribution is 6.35. The van der Waals surface area contributed by atoms with Crippen molar-refractivity contribution in [1.82, 2.24) is 4.98 Å². The van der Waals surface area contributed by atoms with Crippen molar-refractivity contribution in [3.63, 3.8) is 0 Å². The molecular weight excluding hydrogens is 320 g/mol. The molecule has 2 rings (SSSR count). The molecule has 108 valence electrons. The molecule has 0 saturated carbocycles. The minimum atomic E-state index is -0.936. The number of aromatic nitrogens is 1. The van der Waals surface area contributed by atoms with Crippen molar-refractivity contribution in [2.45, 2.75) is 0 Å². The number of amides is 2. The maximum Gasteiger partial charge on any atom is 0.257 e. The first-order valence-electron chi connectivity index (χ1n) is 5.60. The number of nitrogens with zero attached hydrogens (tertiary/aromatic N) is 1. The van der Waals surface area contributed by atoms with E-state index in [1.807, 2.05) is 0 Å². The summed E-state index contributed by atoms with van der Waals surface area (Å²) in [5.74, 6) is -2.29. The Kier molecular flexibility index (Phi) is 4.40. The Morgan fingerprint density at radius 2 is 1.90 bits per heavy atom. The topological polar surface area (TPSA) is 85.1 Å². The maximum absolute atomic E-state index is 13.3. The van der Waals surface area contributed by atoms with Gasteiger partial charge < -0.3 is 11.1 Å². The van der Waals surface area contributed by atoms with Crippen molar-refractivity contribution in [2.24, 2.45) is 5.73 Å². The van der Waals surface area contributed by atoms with E-state index in [4.69, 9.17) is 28.9 Å². The van der Waals surface area contributed by atoms with Gasteiger partial charge in [-0.25, -0.2) is 9.37 Å². The number of benzene rings is 1. The molecule has 8 heteroatoms. The largest absolute Gasteiger partial charge is 0.366 e. The van der Waals surface area contributed by atoms with Crippen LogP contribution in [0.4, 0.5) is 10.1 Å². The second-order valence-corrected chi connectivity index (χ2v) is 4.79. The molecule has 0 atom stereocenters. The monoisotopic (exact) mass is 327 g/mol. The first-order chi connectivity index (χ1) is 9.88. The van der Waals surface area contributed by atoms with E-state index in [0.717, 1.165) is 12.1 Å². The van der Waals surface area contributed by atoms with E-state index < -0.39 is 17.6 Å². The molecule has 0 radical (unpaired) electrons. The normalized spacial score (nSPS) is 10.2. The Balaban J connectivity index is 2.29. The molecule has 1 aromatic heterocycles. The number of hydrogen-bond donors (Lipinski definition) is 2. The van der Waals surface area contributed by atoms with Gasteiger partial charge in [0.2, 0.25) is 0 Å². The SMILES string of the molecule is NC(=O)c1cc(NC(=O)c2cc(Cl)ncc2Cl)ccc1F. The first-order valence-corrected chi connectivity index (χ1v) is 6.36. The van der Waals surface area contributed by atoms with Crippen LogP contribution >= 0.6 is 23.2 Å². The molecule has 0 aliphatic rings. The van der Waals surface area contributed by atoms with Crippen LogP contribution in [-0.4, -0.2) is 16.8 Å². The third kappa shape index (κ3) is 3.48. The van der Waals surface area contributed by atoms with Crippen LogP contribution in [0.3, 0.4) is 0 Å². The second-order valence-electron chi connectivity index (χ2n) is 4.00. The highest BCUT2D eigenvalue weighted by atomic mass is 35.5. The van der Waals surface area contributed by atoms with E-state index in [9.17, 15) is 14.0 Å². The summed E-state index contributed by atoms with van der Waals surface area (Å²) in [6.07, 6.45) is 1.23. The lowest BCUT2D eigenvalue weighted by Crippen LogP contribution is -2.16. The van der Waals surface area contributed by atoms with Crippen LogP contribution < -0.4 is 11.1 Å². The predicted molar refractivity (Wildman–Crippen MR) is 77.1 cm³/mol. The molecule has 3 N–H and O–H groups in total. The Morgan fingerprint density at radius 1 is 1.19 bits per heavy atom. The molecule has 0 saturated heterocycles. The average Bonchev–Trinajstić information content (AvgIpc) is 2.43. The van der Waals surface area contributed by atoms with E-state index >= 15 is 0 Å². The summed E-state index contributed by atoms with van der Waals surface area (Å²) in [5.41, 5.74) is 5.00. The predicted octanol–water partition coefficient (Wildman–Crippen LogP) is 2.88. The van der Waals surface area contributed by atoms with Crippen LogP contribution in [0.25, 0.3) is 0 Å². The van der Waals surface area contributed by atoms with E-state index in [0.29, 0.717) is 0 Å². The summed E-state index contributed by atoms with van der Waals surface area (Å²) in [6, 6.07) is 4.73. The first kappa shape index (κ1) is 15.2. The zero-order chi connectivity index (χ0) is 15.6. The van der Waals surface area contributed by atoms with Crippen molar-refractivity contribution in [3.05, 3.63) is 57.6 Å². The fraction of sp³-hybridized carbons (Fsp3) is 0.